The number of rotatable bonds is 3. The van der Waals surface area contributed by atoms with Gasteiger partial charge in [-0.3, -0.25) is 9.78 Å². The quantitative estimate of drug-likeness (QED) is 0.948. The maximum atomic E-state index is 14.3. The molecule has 0 aliphatic carbocycles. The summed E-state index contributed by atoms with van der Waals surface area (Å²) in [4.78, 5) is 16.0. The largest absolute Gasteiger partial charge is 0.480 e. The van der Waals surface area contributed by atoms with Crippen LogP contribution in [0.1, 0.15) is 18.5 Å². The lowest BCUT2D eigenvalue weighted by molar-refractivity contribution is -0.129. The van der Waals surface area contributed by atoms with Crippen LogP contribution < -0.4 is 10.1 Å². The van der Waals surface area contributed by atoms with Crippen molar-refractivity contribution in [2.24, 2.45) is 0 Å². The predicted molar refractivity (Wildman–Crippen MR) is 81.0 cm³/mol. The van der Waals surface area contributed by atoms with Crippen molar-refractivity contribution in [1.29, 1.82) is 0 Å². The molecule has 1 saturated heterocycles. The van der Waals surface area contributed by atoms with Gasteiger partial charge in [0.15, 0.2) is 6.10 Å². The Morgan fingerprint density at radius 1 is 1.32 bits per heavy atom. The number of ether oxygens (including phenoxy) is 1. The van der Waals surface area contributed by atoms with Crippen molar-refractivity contribution in [3.05, 3.63) is 48.0 Å². The second kappa shape index (κ2) is 6.13. The highest BCUT2D eigenvalue weighted by atomic mass is 19.1. The van der Waals surface area contributed by atoms with E-state index in [1.54, 1.807) is 24.4 Å². The third-order valence-corrected chi connectivity index (χ3v) is 3.68. The number of benzene rings is 1. The number of halogens is 1. The van der Waals surface area contributed by atoms with Gasteiger partial charge >= 0.3 is 0 Å². The molecular weight excluding hydrogens is 283 g/mol. The fraction of sp³-hybridized carbons (Fsp3) is 0.294. The van der Waals surface area contributed by atoms with Gasteiger partial charge in [0.05, 0.1) is 5.56 Å². The molecule has 1 atom stereocenters. The average Bonchev–Trinajstić information content (AvgIpc) is 2.51. The van der Waals surface area contributed by atoms with E-state index in [0.29, 0.717) is 29.8 Å². The number of aromatic nitrogens is 1. The van der Waals surface area contributed by atoms with Gasteiger partial charge in [-0.05, 0) is 38.0 Å². The number of hydrogen-bond acceptors (Lipinski definition) is 3. The summed E-state index contributed by atoms with van der Waals surface area (Å²) in [5, 5.41) is 2.76. The molecule has 3 rings (SSSR count). The van der Waals surface area contributed by atoms with E-state index in [1.807, 2.05) is 13.0 Å². The van der Waals surface area contributed by atoms with Gasteiger partial charge in [0.1, 0.15) is 11.6 Å². The van der Waals surface area contributed by atoms with Crippen LogP contribution in [0.5, 0.6) is 5.75 Å². The fourth-order valence-electron chi connectivity index (χ4n) is 2.51. The van der Waals surface area contributed by atoms with E-state index < -0.39 is 6.10 Å². The summed E-state index contributed by atoms with van der Waals surface area (Å²) in [7, 11) is 0. The number of carbonyl (C=O) groups excluding carboxylic acids is 1. The van der Waals surface area contributed by atoms with Crippen LogP contribution in [0.3, 0.4) is 0 Å². The Balaban J connectivity index is 1.96. The van der Waals surface area contributed by atoms with E-state index in [1.165, 1.54) is 6.07 Å². The summed E-state index contributed by atoms with van der Waals surface area (Å²) in [5.74, 6) is -0.171. The Kier molecular flexibility index (Phi) is 4.04. The lowest BCUT2D eigenvalue weighted by Gasteiger charge is -2.24. The molecule has 1 amide bonds. The minimum atomic E-state index is -0.576. The zero-order chi connectivity index (χ0) is 15.5. The van der Waals surface area contributed by atoms with E-state index in [4.69, 9.17) is 4.74 Å². The van der Waals surface area contributed by atoms with E-state index in [-0.39, 0.29) is 11.7 Å². The van der Waals surface area contributed by atoms with Crippen molar-refractivity contribution >= 4 is 5.91 Å². The normalized spacial score (nSPS) is 17.9. The minimum Gasteiger partial charge on any atom is -0.480 e. The molecule has 1 aliphatic rings. The van der Waals surface area contributed by atoms with Crippen LogP contribution in [0.2, 0.25) is 0 Å². The summed E-state index contributed by atoms with van der Waals surface area (Å²) in [6, 6.07) is 8.26. The number of pyridine rings is 1. The van der Waals surface area contributed by atoms with Gasteiger partial charge in [0, 0.05) is 24.0 Å². The number of amides is 1. The molecule has 0 bridgehead atoms. The van der Waals surface area contributed by atoms with Gasteiger partial charge in [0.2, 0.25) is 0 Å². The SMILES string of the molecule is Cc1ccc(-c2c(F)cccc2OC2CCCNC2=O)cn1. The summed E-state index contributed by atoms with van der Waals surface area (Å²) in [5.41, 5.74) is 1.83. The van der Waals surface area contributed by atoms with E-state index in [2.05, 4.69) is 10.3 Å². The standard InChI is InChI=1S/C17H17FN2O2/c1-11-7-8-12(10-20-11)16-13(18)4-2-5-14(16)22-15-6-3-9-19-17(15)21/h2,4-5,7-8,10,15H,3,6,9H2,1H3,(H,19,21). The van der Waals surface area contributed by atoms with E-state index in [9.17, 15) is 9.18 Å². The highest BCUT2D eigenvalue weighted by molar-refractivity contribution is 5.82. The predicted octanol–water partition coefficient (Wildman–Crippen LogP) is 2.85. The molecule has 2 heterocycles. The molecule has 1 fully saturated rings. The number of nitrogens with one attached hydrogen (secondary N) is 1. The topological polar surface area (TPSA) is 51.2 Å². The second-order valence-corrected chi connectivity index (χ2v) is 5.34. The lowest BCUT2D eigenvalue weighted by atomic mass is 10.0. The number of hydrogen-bond donors (Lipinski definition) is 1. The van der Waals surface area contributed by atoms with E-state index >= 15 is 0 Å². The van der Waals surface area contributed by atoms with Crippen molar-refractivity contribution in [1.82, 2.24) is 10.3 Å². The zero-order valence-corrected chi connectivity index (χ0v) is 12.3. The maximum absolute atomic E-state index is 14.3. The number of nitrogens with zero attached hydrogens (tertiary/aromatic N) is 1. The molecule has 0 radical (unpaired) electrons. The molecule has 2 aromatic rings. The van der Waals surface area contributed by atoms with Crippen molar-refractivity contribution in [2.75, 3.05) is 6.54 Å². The van der Waals surface area contributed by atoms with Crippen LogP contribution in [-0.4, -0.2) is 23.5 Å². The first-order valence-electron chi connectivity index (χ1n) is 7.31. The fourth-order valence-corrected chi connectivity index (χ4v) is 2.51. The Bertz CT molecular complexity index is 686. The number of aryl methyl sites for hydroxylation is 1. The summed E-state index contributed by atoms with van der Waals surface area (Å²) in [6.45, 7) is 2.53. The molecule has 1 aromatic heterocycles. The summed E-state index contributed by atoms with van der Waals surface area (Å²) < 4.78 is 20.1. The second-order valence-electron chi connectivity index (χ2n) is 5.34. The molecule has 114 valence electrons. The van der Waals surface area contributed by atoms with Crippen LogP contribution in [-0.2, 0) is 4.79 Å². The molecule has 1 unspecified atom stereocenters. The first-order chi connectivity index (χ1) is 10.6. The van der Waals surface area contributed by atoms with Gasteiger partial charge in [-0.2, -0.15) is 0 Å². The highest BCUT2D eigenvalue weighted by Gasteiger charge is 2.25. The van der Waals surface area contributed by atoms with Crippen molar-refractivity contribution in [3.8, 4) is 16.9 Å². The minimum absolute atomic E-state index is 0.150. The molecule has 0 saturated carbocycles. The number of piperidine rings is 1. The van der Waals surface area contributed by atoms with Crippen LogP contribution >= 0.6 is 0 Å². The van der Waals surface area contributed by atoms with Crippen molar-refractivity contribution in [3.63, 3.8) is 0 Å². The summed E-state index contributed by atoms with van der Waals surface area (Å²) >= 11 is 0. The third kappa shape index (κ3) is 2.93. The third-order valence-electron chi connectivity index (χ3n) is 3.68. The van der Waals surface area contributed by atoms with Crippen molar-refractivity contribution in [2.45, 2.75) is 25.9 Å². The Morgan fingerprint density at radius 2 is 2.18 bits per heavy atom. The molecule has 0 spiro atoms. The zero-order valence-electron chi connectivity index (χ0n) is 12.3. The first-order valence-corrected chi connectivity index (χ1v) is 7.31. The molecule has 1 aromatic carbocycles. The van der Waals surface area contributed by atoms with E-state index in [0.717, 1.165) is 12.1 Å². The monoisotopic (exact) mass is 300 g/mol. The van der Waals surface area contributed by atoms with Gasteiger partial charge in [-0.15, -0.1) is 0 Å². The van der Waals surface area contributed by atoms with Crippen LogP contribution in [0.25, 0.3) is 11.1 Å². The van der Waals surface area contributed by atoms with Crippen LogP contribution in [0.4, 0.5) is 4.39 Å². The van der Waals surface area contributed by atoms with Gasteiger partial charge in [-0.25, -0.2) is 4.39 Å². The highest BCUT2D eigenvalue weighted by Crippen LogP contribution is 2.33. The molecule has 1 N–H and O–H groups in total. The van der Waals surface area contributed by atoms with Crippen LogP contribution in [0, 0.1) is 12.7 Å². The Morgan fingerprint density at radius 3 is 2.91 bits per heavy atom. The Hall–Kier alpha value is -2.43. The molecule has 5 heteroatoms. The van der Waals surface area contributed by atoms with Crippen molar-refractivity contribution < 1.29 is 13.9 Å². The molecule has 1 aliphatic heterocycles. The molecular formula is C17H17FN2O2. The lowest BCUT2D eigenvalue weighted by Crippen LogP contribution is -2.43. The number of carbonyl (C=O) groups is 1. The van der Waals surface area contributed by atoms with Crippen LogP contribution in [0.15, 0.2) is 36.5 Å². The van der Waals surface area contributed by atoms with Gasteiger partial charge in [-0.1, -0.05) is 12.1 Å². The molecule has 22 heavy (non-hydrogen) atoms. The maximum Gasteiger partial charge on any atom is 0.261 e. The summed E-state index contributed by atoms with van der Waals surface area (Å²) in [6.07, 6.45) is 2.52. The first kappa shape index (κ1) is 14.5. The Labute approximate surface area is 128 Å². The molecule has 4 nitrogen and oxygen atoms in total. The van der Waals surface area contributed by atoms with Gasteiger partial charge < -0.3 is 10.1 Å². The average molecular weight is 300 g/mol. The van der Waals surface area contributed by atoms with Gasteiger partial charge in [0.25, 0.3) is 5.91 Å². The smallest absolute Gasteiger partial charge is 0.261 e.